The van der Waals surface area contributed by atoms with E-state index in [2.05, 4.69) is 5.32 Å². The van der Waals surface area contributed by atoms with Crippen LogP contribution >= 0.6 is 23.4 Å². The van der Waals surface area contributed by atoms with E-state index < -0.39 is 0 Å². The van der Waals surface area contributed by atoms with Gasteiger partial charge in [-0.3, -0.25) is 4.79 Å². The van der Waals surface area contributed by atoms with Crippen LogP contribution in [0.4, 0.5) is 5.69 Å². The van der Waals surface area contributed by atoms with E-state index in [-0.39, 0.29) is 11.7 Å². The van der Waals surface area contributed by atoms with Gasteiger partial charge in [0.05, 0.1) is 17.6 Å². The monoisotopic (exact) mass is 254 g/mol. The van der Waals surface area contributed by atoms with Crippen LogP contribution in [0, 0.1) is 18.3 Å². The van der Waals surface area contributed by atoms with Gasteiger partial charge in [-0.05, 0) is 24.6 Å². The van der Waals surface area contributed by atoms with Crippen LogP contribution < -0.4 is 5.32 Å². The number of hydrogen-bond acceptors (Lipinski definition) is 3. The van der Waals surface area contributed by atoms with E-state index in [0.29, 0.717) is 10.8 Å². The van der Waals surface area contributed by atoms with Crippen LogP contribution in [0.15, 0.2) is 18.2 Å². The maximum atomic E-state index is 11.5. The molecule has 1 rings (SSSR count). The second-order valence-corrected chi connectivity index (χ2v) is 4.58. The minimum atomic E-state index is -0.120. The van der Waals surface area contributed by atoms with Crippen molar-refractivity contribution in [2.75, 3.05) is 16.8 Å². The Labute approximate surface area is 104 Å². The Morgan fingerprint density at radius 3 is 3.06 bits per heavy atom. The summed E-state index contributed by atoms with van der Waals surface area (Å²) in [6.45, 7) is 1.90. The van der Waals surface area contributed by atoms with Gasteiger partial charge in [0.25, 0.3) is 0 Å². The topological polar surface area (TPSA) is 52.9 Å². The molecule has 0 aliphatic carbocycles. The van der Waals surface area contributed by atoms with Gasteiger partial charge in [-0.15, -0.1) is 11.8 Å². The Balaban J connectivity index is 2.56. The number of nitrogens with one attached hydrogen (secondary N) is 1. The van der Waals surface area contributed by atoms with Gasteiger partial charge in [0.1, 0.15) is 0 Å². The highest BCUT2D eigenvalue weighted by Crippen LogP contribution is 2.20. The summed E-state index contributed by atoms with van der Waals surface area (Å²) >= 11 is 7.11. The standard InChI is InChI=1S/C11H11ClN2OS/c1-8-2-3-9(12)6-10(8)14-11(15)7-16-5-4-13/h2-3,6H,5,7H2,1H3,(H,14,15). The second kappa shape index (κ2) is 6.41. The first-order valence-corrected chi connectivity index (χ1v) is 6.17. The minimum absolute atomic E-state index is 0.120. The summed E-state index contributed by atoms with van der Waals surface area (Å²) in [4.78, 5) is 11.5. The Bertz CT molecular complexity index is 428. The first kappa shape index (κ1) is 12.9. The zero-order chi connectivity index (χ0) is 12.0. The van der Waals surface area contributed by atoms with E-state index >= 15 is 0 Å². The van der Waals surface area contributed by atoms with Crippen LogP contribution in [0.3, 0.4) is 0 Å². The summed E-state index contributed by atoms with van der Waals surface area (Å²) in [5, 5.41) is 11.7. The van der Waals surface area contributed by atoms with E-state index in [1.165, 1.54) is 11.8 Å². The van der Waals surface area contributed by atoms with Gasteiger partial charge >= 0.3 is 0 Å². The van der Waals surface area contributed by atoms with Crippen LogP contribution in [-0.4, -0.2) is 17.4 Å². The summed E-state index contributed by atoms with van der Waals surface area (Å²) in [6.07, 6.45) is 0. The number of aryl methyl sites for hydroxylation is 1. The van der Waals surface area contributed by atoms with Crippen molar-refractivity contribution in [1.82, 2.24) is 0 Å². The molecule has 0 aromatic heterocycles. The lowest BCUT2D eigenvalue weighted by molar-refractivity contribution is -0.113. The van der Waals surface area contributed by atoms with Gasteiger partial charge in [-0.2, -0.15) is 5.26 Å². The van der Waals surface area contributed by atoms with Crippen molar-refractivity contribution in [3.8, 4) is 6.07 Å². The van der Waals surface area contributed by atoms with Crippen molar-refractivity contribution >= 4 is 35.0 Å². The zero-order valence-electron chi connectivity index (χ0n) is 8.79. The zero-order valence-corrected chi connectivity index (χ0v) is 10.4. The third kappa shape index (κ3) is 4.13. The molecule has 0 radical (unpaired) electrons. The smallest absolute Gasteiger partial charge is 0.234 e. The summed E-state index contributed by atoms with van der Waals surface area (Å²) in [6, 6.07) is 7.30. The molecule has 1 aromatic carbocycles. The summed E-state index contributed by atoms with van der Waals surface area (Å²) in [5.41, 5.74) is 1.68. The van der Waals surface area contributed by atoms with Crippen molar-refractivity contribution < 1.29 is 4.79 Å². The van der Waals surface area contributed by atoms with Gasteiger partial charge in [0.15, 0.2) is 0 Å². The predicted octanol–water partition coefficient (Wildman–Crippen LogP) is 2.84. The summed E-state index contributed by atoms with van der Waals surface area (Å²) in [7, 11) is 0. The largest absolute Gasteiger partial charge is 0.325 e. The number of thioether (sulfide) groups is 1. The molecular formula is C11H11ClN2OS. The summed E-state index contributed by atoms with van der Waals surface area (Å²) in [5.74, 6) is 0.479. The van der Waals surface area contributed by atoms with Crippen LogP contribution in [0.2, 0.25) is 5.02 Å². The van der Waals surface area contributed by atoms with Gasteiger partial charge < -0.3 is 5.32 Å². The number of nitriles is 1. The van der Waals surface area contributed by atoms with Crippen LogP contribution in [0.5, 0.6) is 0 Å². The first-order valence-electron chi connectivity index (χ1n) is 4.64. The van der Waals surface area contributed by atoms with E-state index in [1.807, 2.05) is 19.1 Å². The fraction of sp³-hybridized carbons (Fsp3) is 0.273. The van der Waals surface area contributed by atoms with Crippen molar-refractivity contribution in [3.63, 3.8) is 0 Å². The lowest BCUT2D eigenvalue weighted by Gasteiger charge is -2.07. The molecule has 0 spiro atoms. The van der Waals surface area contributed by atoms with Gasteiger partial charge in [0, 0.05) is 10.7 Å². The number of benzene rings is 1. The van der Waals surface area contributed by atoms with Crippen molar-refractivity contribution in [2.45, 2.75) is 6.92 Å². The molecular weight excluding hydrogens is 244 g/mol. The van der Waals surface area contributed by atoms with Crippen molar-refractivity contribution in [3.05, 3.63) is 28.8 Å². The van der Waals surface area contributed by atoms with E-state index in [4.69, 9.17) is 16.9 Å². The Hall–Kier alpha value is -1.18. The number of halogens is 1. The molecule has 0 aliphatic rings. The van der Waals surface area contributed by atoms with Crippen LogP contribution in [0.1, 0.15) is 5.56 Å². The third-order valence-electron chi connectivity index (χ3n) is 1.87. The van der Waals surface area contributed by atoms with Gasteiger partial charge in [-0.25, -0.2) is 0 Å². The SMILES string of the molecule is Cc1ccc(Cl)cc1NC(=O)CSCC#N. The van der Waals surface area contributed by atoms with Crippen LogP contribution in [-0.2, 0) is 4.79 Å². The lowest BCUT2D eigenvalue weighted by Crippen LogP contribution is -2.15. The molecule has 3 nitrogen and oxygen atoms in total. The molecule has 1 aromatic rings. The Kier molecular flexibility index (Phi) is 5.17. The number of hydrogen-bond donors (Lipinski definition) is 1. The predicted molar refractivity (Wildman–Crippen MR) is 67.8 cm³/mol. The average molecular weight is 255 g/mol. The molecule has 5 heteroatoms. The molecule has 16 heavy (non-hydrogen) atoms. The Morgan fingerprint density at radius 2 is 2.38 bits per heavy atom. The molecule has 1 N–H and O–H groups in total. The number of nitrogens with zero attached hydrogens (tertiary/aromatic N) is 1. The van der Waals surface area contributed by atoms with Crippen molar-refractivity contribution in [1.29, 1.82) is 5.26 Å². The molecule has 0 unspecified atom stereocenters. The van der Waals surface area contributed by atoms with E-state index in [1.54, 1.807) is 12.1 Å². The Morgan fingerprint density at radius 1 is 1.62 bits per heavy atom. The molecule has 0 aliphatic heterocycles. The fourth-order valence-corrected chi connectivity index (χ4v) is 1.73. The molecule has 1 amide bonds. The number of anilines is 1. The number of rotatable bonds is 4. The molecule has 0 saturated heterocycles. The number of carbonyl (C=O) groups excluding carboxylic acids is 1. The first-order chi connectivity index (χ1) is 7.63. The highest BCUT2D eigenvalue weighted by molar-refractivity contribution is 8.00. The fourth-order valence-electron chi connectivity index (χ4n) is 1.10. The second-order valence-electron chi connectivity index (χ2n) is 3.16. The molecule has 0 fully saturated rings. The van der Waals surface area contributed by atoms with E-state index in [0.717, 1.165) is 11.3 Å². The minimum Gasteiger partial charge on any atom is -0.325 e. The number of carbonyl (C=O) groups is 1. The maximum absolute atomic E-state index is 11.5. The summed E-state index contributed by atoms with van der Waals surface area (Å²) < 4.78 is 0. The lowest BCUT2D eigenvalue weighted by atomic mass is 10.2. The number of amides is 1. The molecule has 84 valence electrons. The quantitative estimate of drug-likeness (QED) is 0.841. The highest BCUT2D eigenvalue weighted by Gasteiger charge is 2.05. The molecule has 0 heterocycles. The molecule has 0 atom stereocenters. The highest BCUT2D eigenvalue weighted by atomic mass is 35.5. The maximum Gasteiger partial charge on any atom is 0.234 e. The molecule has 0 bridgehead atoms. The molecule has 0 saturated carbocycles. The van der Waals surface area contributed by atoms with Crippen molar-refractivity contribution in [2.24, 2.45) is 0 Å². The average Bonchev–Trinajstić information content (AvgIpc) is 2.24. The van der Waals surface area contributed by atoms with Gasteiger partial charge in [0.2, 0.25) is 5.91 Å². The van der Waals surface area contributed by atoms with Gasteiger partial charge in [-0.1, -0.05) is 17.7 Å². The normalized spacial score (nSPS) is 9.56. The van der Waals surface area contributed by atoms with Crippen LogP contribution in [0.25, 0.3) is 0 Å². The van der Waals surface area contributed by atoms with E-state index in [9.17, 15) is 4.79 Å². The third-order valence-corrected chi connectivity index (χ3v) is 2.91.